The molecule has 2 aromatic carbocycles. The summed E-state index contributed by atoms with van der Waals surface area (Å²) >= 11 is 0. The number of benzene rings is 2. The van der Waals surface area contributed by atoms with Crippen molar-refractivity contribution < 1.29 is 23.4 Å². The third-order valence-corrected chi connectivity index (χ3v) is 4.67. The summed E-state index contributed by atoms with van der Waals surface area (Å²) in [7, 11) is 4.54. The number of carbonyl (C=O) groups is 1. The number of ether oxygens (including phenoxy) is 3. The number of nitrogens with zero attached hydrogens (tertiary/aromatic N) is 2. The van der Waals surface area contributed by atoms with Gasteiger partial charge < -0.3 is 24.0 Å². The van der Waals surface area contributed by atoms with E-state index < -0.39 is 0 Å². The fraction of sp³-hybridized carbons (Fsp3) is 0.350. The van der Waals surface area contributed by atoms with Gasteiger partial charge >= 0.3 is 0 Å². The molecule has 1 aliphatic rings. The van der Waals surface area contributed by atoms with E-state index in [2.05, 4.69) is 0 Å². The second-order valence-electron chi connectivity index (χ2n) is 6.14. The van der Waals surface area contributed by atoms with Crippen LogP contribution in [0.2, 0.25) is 0 Å². The molecule has 0 saturated carbocycles. The molecule has 7 heteroatoms. The first-order chi connectivity index (χ1) is 13.1. The zero-order valence-electron chi connectivity index (χ0n) is 15.7. The molecular formula is C20H23FN2O4. The number of methoxy groups -OCH3 is 3. The van der Waals surface area contributed by atoms with Crippen molar-refractivity contribution in [2.24, 2.45) is 0 Å². The van der Waals surface area contributed by atoms with Gasteiger partial charge in [-0.05, 0) is 24.3 Å². The van der Waals surface area contributed by atoms with E-state index >= 15 is 0 Å². The Morgan fingerprint density at radius 1 is 0.926 bits per heavy atom. The maximum Gasteiger partial charge on any atom is 0.254 e. The minimum absolute atomic E-state index is 0.123. The average molecular weight is 374 g/mol. The Labute approximate surface area is 158 Å². The van der Waals surface area contributed by atoms with E-state index in [1.807, 2.05) is 11.0 Å². The minimum atomic E-state index is -0.248. The second kappa shape index (κ2) is 8.16. The van der Waals surface area contributed by atoms with Gasteiger partial charge in [-0.2, -0.15) is 0 Å². The molecule has 1 heterocycles. The lowest BCUT2D eigenvalue weighted by Gasteiger charge is -2.36. The molecule has 0 N–H and O–H groups in total. The van der Waals surface area contributed by atoms with Crippen LogP contribution < -0.4 is 19.1 Å². The lowest BCUT2D eigenvalue weighted by Crippen LogP contribution is -2.49. The standard InChI is InChI=1S/C20H23FN2O4/c1-25-17-12-14(13-18(26-2)19(17)27-3)20(24)23-10-8-22(9-11-23)16-7-5-4-6-15(16)21/h4-7,12-13H,8-11H2,1-3H3. The fourth-order valence-electron chi connectivity index (χ4n) is 3.25. The summed E-state index contributed by atoms with van der Waals surface area (Å²) in [4.78, 5) is 16.6. The van der Waals surface area contributed by atoms with Gasteiger partial charge in [0.15, 0.2) is 11.5 Å². The number of carbonyl (C=O) groups excluding carboxylic acids is 1. The maximum atomic E-state index is 14.0. The predicted molar refractivity (Wildman–Crippen MR) is 101 cm³/mol. The molecule has 1 aliphatic heterocycles. The van der Waals surface area contributed by atoms with Gasteiger partial charge in [0.05, 0.1) is 27.0 Å². The fourth-order valence-corrected chi connectivity index (χ4v) is 3.25. The molecular weight excluding hydrogens is 351 g/mol. The first-order valence-electron chi connectivity index (χ1n) is 8.67. The molecule has 0 spiro atoms. The molecule has 6 nitrogen and oxygen atoms in total. The summed E-state index contributed by atoms with van der Waals surface area (Å²) in [6, 6.07) is 9.98. The van der Waals surface area contributed by atoms with E-state index in [9.17, 15) is 9.18 Å². The van der Waals surface area contributed by atoms with E-state index in [0.29, 0.717) is 54.7 Å². The Bertz CT molecular complexity index is 794. The van der Waals surface area contributed by atoms with Crippen molar-refractivity contribution >= 4 is 11.6 Å². The van der Waals surface area contributed by atoms with Crippen LogP contribution in [0, 0.1) is 5.82 Å². The van der Waals surface area contributed by atoms with E-state index in [1.165, 1.54) is 27.4 Å². The van der Waals surface area contributed by atoms with Gasteiger partial charge in [-0.1, -0.05) is 12.1 Å². The molecule has 1 fully saturated rings. The van der Waals surface area contributed by atoms with Crippen molar-refractivity contribution in [1.82, 2.24) is 4.90 Å². The highest BCUT2D eigenvalue weighted by atomic mass is 19.1. The van der Waals surface area contributed by atoms with Crippen molar-refractivity contribution in [3.8, 4) is 17.2 Å². The van der Waals surface area contributed by atoms with E-state index in [1.54, 1.807) is 29.2 Å². The maximum absolute atomic E-state index is 14.0. The Morgan fingerprint density at radius 2 is 1.52 bits per heavy atom. The third kappa shape index (κ3) is 3.77. The van der Waals surface area contributed by atoms with Crippen molar-refractivity contribution in [3.05, 3.63) is 47.8 Å². The second-order valence-corrected chi connectivity index (χ2v) is 6.14. The third-order valence-electron chi connectivity index (χ3n) is 4.67. The number of anilines is 1. The van der Waals surface area contributed by atoms with Gasteiger partial charge in [0.25, 0.3) is 5.91 Å². The smallest absolute Gasteiger partial charge is 0.254 e. The highest BCUT2D eigenvalue weighted by molar-refractivity contribution is 5.95. The van der Waals surface area contributed by atoms with Gasteiger partial charge in [0, 0.05) is 31.7 Å². The zero-order valence-corrected chi connectivity index (χ0v) is 15.7. The van der Waals surface area contributed by atoms with E-state index in [4.69, 9.17) is 14.2 Å². The topological polar surface area (TPSA) is 51.2 Å². The molecule has 3 rings (SSSR count). The van der Waals surface area contributed by atoms with Gasteiger partial charge in [-0.3, -0.25) is 4.79 Å². The number of hydrogen-bond acceptors (Lipinski definition) is 5. The molecule has 0 aliphatic carbocycles. The highest BCUT2D eigenvalue weighted by Gasteiger charge is 2.25. The molecule has 2 aromatic rings. The lowest BCUT2D eigenvalue weighted by atomic mass is 10.1. The zero-order chi connectivity index (χ0) is 19.4. The minimum Gasteiger partial charge on any atom is -0.493 e. The molecule has 0 atom stereocenters. The number of rotatable bonds is 5. The Kier molecular flexibility index (Phi) is 5.69. The van der Waals surface area contributed by atoms with Crippen molar-refractivity contribution in [2.45, 2.75) is 0 Å². The van der Waals surface area contributed by atoms with Crippen LogP contribution in [0.15, 0.2) is 36.4 Å². The molecule has 27 heavy (non-hydrogen) atoms. The Hall–Kier alpha value is -2.96. The van der Waals surface area contributed by atoms with Gasteiger partial charge in [0.1, 0.15) is 5.82 Å². The summed E-state index contributed by atoms with van der Waals surface area (Å²) in [5, 5.41) is 0. The number of hydrogen-bond donors (Lipinski definition) is 0. The molecule has 1 amide bonds. The van der Waals surface area contributed by atoms with Crippen LogP contribution in [-0.4, -0.2) is 58.3 Å². The summed E-state index contributed by atoms with van der Waals surface area (Å²) in [6.45, 7) is 2.14. The first-order valence-corrected chi connectivity index (χ1v) is 8.67. The molecule has 144 valence electrons. The molecule has 0 bridgehead atoms. The van der Waals surface area contributed by atoms with Crippen LogP contribution in [0.25, 0.3) is 0 Å². The molecule has 0 aromatic heterocycles. The quantitative estimate of drug-likeness (QED) is 0.806. The van der Waals surface area contributed by atoms with Gasteiger partial charge in [0.2, 0.25) is 5.75 Å². The monoisotopic (exact) mass is 374 g/mol. The Morgan fingerprint density at radius 3 is 2.04 bits per heavy atom. The van der Waals surface area contributed by atoms with Crippen molar-refractivity contribution in [1.29, 1.82) is 0 Å². The number of piperazine rings is 1. The first kappa shape index (κ1) is 18.8. The van der Waals surface area contributed by atoms with Crippen LogP contribution in [0.5, 0.6) is 17.2 Å². The largest absolute Gasteiger partial charge is 0.493 e. The van der Waals surface area contributed by atoms with Crippen LogP contribution in [0.1, 0.15) is 10.4 Å². The van der Waals surface area contributed by atoms with Crippen LogP contribution in [0.4, 0.5) is 10.1 Å². The van der Waals surface area contributed by atoms with Crippen molar-refractivity contribution in [3.63, 3.8) is 0 Å². The molecule has 0 radical (unpaired) electrons. The number of halogens is 1. The van der Waals surface area contributed by atoms with Crippen LogP contribution >= 0.6 is 0 Å². The molecule has 0 unspecified atom stereocenters. The summed E-state index contributed by atoms with van der Waals surface area (Å²) in [5.41, 5.74) is 1.03. The van der Waals surface area contributed by atoms with Gasteiger partial charge in [-0.15, -0.1) is 0 Å². The van der Waals surface area contributed by atoms with E-state index in [-0.39, 0.29) is 11.7 Å². The Balaban J connectivity index is 1.75. The molecule has 1 saturated heterocycles. The number of amides is 1. The highest BCUT2D eigenvalue weighted by Crippen LogP contribution is 2.38. The summed E-state index contributed by atoms with van der Waals surface area (Å²) in [5.74, 6) is 0.945. The SMILES string of the molecule is COc1cc(C(=O)N2CCN(c3ccccc3F)CC2)cc(OC)c1OC. The van der Waals surface area contributed by atoms with Crippen LogP contribution in [-0.2, 0) is 0 Å². The summed E-state index contributed by atoms with van der Waals surface area (Å²) < 4.78 is 29.9. The number of para-hydroxylation sites is 1. The van der Waals surface area contributed by atoms with E-state index in [0.717, 1.165) is 0 Å². The lowest BCUT2D eigenvalue weighted by molar-refractivity contribution is 0.0745. The predicted octanol–water partition coefficient (Wildman–Crippen LogP) is 2.81. The normalized spacial score (nSPS) is 14.1. The van der Waals surface area contributed by atoms with Crippen LogP contribution in [0.3, 0.4) is 0 Å². The van der Waals surface area contributed by atoms with Crippen molar-refractivity contribution in [2.75, 3.05) is 52.4 Å². The summed E-state index contributed by atoms with van der Waals surface area (Å²) in [6.07, 6.45) is 0. The van der Waals surface area contributed by atoms with Gasteiger partial charge in [-0.25, -0.2) is 4.39 Å². The average Bonchev–Trinajstić information content (AvgIpc) is 2.72.